The number of amides is 1. The third-order valence-corrected chi connectivity index (χ3v) is 6.76. The molecule has 210 valence electrons. The second-order valence-corrected chi connectivity index (χ2v) is 9.69. The van der Waals surface area contributed by atoms with Crippen LogP contribution < -0.4 is 5.32 Å². The molecule has 1 aliphatic carbocycles. The van der Waals surface area contributed by atoms with Crippen molar-refractivity contribution in [2.75, 3.05) is 19.8 Å². The summed E-state index contributed by atoms with van der Waals surface area (Å²) in [7, 11) is 0. The summed E-state index contributed by atoms with van der Waals surface area (Å²) in [5, 5.41) is 5.18. The van der Waals surface area contributed by atoms with Crippen molar-refractivity contribution in [1.29, 1.82) is 0 Å². The summed E-state index contributed by atoms with van der Waals surface area (Å²) in [5.41, 5.74) is 1.20. The summed E-state index contributed by atoms with van der Waals surface area (Å²) in [6.07, 6.45) is 17.2. The van der Waals surface area contributed by atoms with E-state index in [0.29, 0.717) is 44.1 Å². The molecule has 3 atom stereocenters. The first-order chi connectivity index (χ1) is 18.6. The van der Waals surface area contributed by atoms with Crippen LogP contribution in [0.5, 0.6) is 0 Å². The predicted octanol–water partition coefficient (Wildman–Crippen LogP) is 6.84. The lowest BCUT2D eigenvalue weighted by Crippen LogP contribution is -2.21. The Labute approximate surface area is 227 Å². The number of nitrogens with one attached hydrogen (secondary N) is 1. The number of allylic oxidation sites excluding steroid dienone is 3. The number of hydrogen-bond donors (Lipinski definition) is 1. The summed E-state index contributed by atoms with van der Waals surface area (Å²) in [4.78, 5) is 38.2. The molecule has 1 aliphatic rings. The monoisotopic (exact) mass is 528 g/mol. The van der Waals surface area contributed by atoms with Crippen molar-refractivity contribution in [3.63, 3.8) is 0 Å². The standard InChI is InChI=1S/C30H44N2O6/c1-2-31-29(33)18-9-4-3-8-15-26-16-12-17-27(26)20-22-28(21-19-25-13-6-5-7-14-25)38-30(34)36-23-10-11-24-37-32-35/h3,5-8,13-14,20,22,26-28H,2,4,9-12,15-19,21,23-24H2,1H3,(H,31,33)/b8-3-,22-20+/t26-,27+,28-/m0/s1. The normalized spacial score (nSPS) is 17.9. The van der Waals surface area contributed by atoms with Gasteiger partial charge in [-0.1, -0.05) is 55.0 Å². The van der Waals surface area contributed by atoms with Crippen LogP contribution in [0.1, 0.15) is 76.7 Å². The molecule has 38 heavy (non-hydrogen) atoms. The van der Waals surface area contributed by atoms with Crippen LogP contribution in [0.3, 0.4) is 0 Å². The van der Waals surface area contributed by atoms with Gasteiger partial charge in [-0.05, 0) is 88.2 Å². The molecule has 0 aromatic heterocycles. The minimum absolute atomic E-state index is 0.122. The molecular weight excluding hydrogens is 484 g/mol. The zero-order valence-corrected chi connectivity index (χ0v) is 22.7. The fraction of sp³-hybridized carbons (Fsp3) is 0.600. The Morgan fingerprint density at radius 2 is 1.92 bits per heavy atom. The number of carbonyl (C=O) groups excluding carboxylic acids is 2. The number of unbranched alkanes of at least 4 members (excludes halogenated alkanes) is 2. The highest BCUT2D eigenvalue weighted by molar-refractivity contribution is 5.75. The maximum atomic E-state index is 12.3. The average molecular weight is 529 g/mol. The molecule has 0 aliphatic heterocycles. The molecule has 1 fully saturated rings. The molecule has 0 saturated heterocycles. The highest BCUT2D eigenvalue weighted by atomic mass is 16.7. The Bertz CT molecular complexity index is 858. The highest BCUT2D eigenvalue weighted by Gasteiger charge is 2.24. The van der Waals surface area contributed by atoms with E-state index in [-0.39, 0.29) is 25.2 Å². The van der Waals surface area contributed by atoms with Crippen molar-refractivity contribution in [1.82, 2.24) is 5.32 Å². The molecule has 0 unspecified atom stereocenters. The number of rotatable bonds is 19. The Hall–Kier alpha value is -3.16. The van der Waals surface area contributed by atoms with Crippen molar-refractivity contribution in [2.45, 2.75) is 83.7 Å². The van der Waals surface area contributed by atoms with E-state index < -0.39 is 6.16 Å². The quantitative estimate of drug-likeness (QED) is 0.0693. The van der Waals surface area contributed by atoms with Crippen LogP contribution in [0, 0.1) is 16.7 Å². The van der Waals surface area contributed by atoms with Crippen molar-refractivity contribution in [3.8, 4) is 0 Å². The third-order valence-electron chi connectivity index (χ3n) is 6.76. The lowest BCUT2D eigenvalue weighted by molar-refractivity contribution is -0.121. The number of aryl methyl sites for hydroxylation is 1. The predicted molar refractivity (Wildman–Crippen MR) is 148 cm³/mol. The fourth-order valence-corrected chi connectivity index (χ4v) is 4.70. The van der Waals surface area contributed by atoms with E-state index in [2.05, 4.69) is 45.9 Å². The summed E-state index contributed by atoms with van der Waals surface area (Å²) >= 11 is 0. The Morgan fingerprint density at radius 3 is 2.71 bits per heavy atom. The summed E-state index contributed by atoms with van der Waals surface area (Å²) < 4.78 is 10.9. The Morgan fingerprint density at radius 1 is 1.11 bits per heavy atom. The number of nitrogens with zero attached hydrogens (tertiary/aromatic N) is 1. The van der Waals surface area contributed by atoms with Crippen LogP contribution in [0.2, 0.25) is 0 Å². The van der Waals surface area contributed by atoms with Crippen LogP contribution in [0.15, 0.2) is 60.0 Å². The van der Waals surface area contributed by atoms with E-state index in [1.165, 1.54) is 18.4 Å². The van der Waals surface area contributed by atoms with Crippen LogP contribution >= 0.6 is 0 Å². The summed E-state index contributed by atoms with van der Waals surface area (Å²) in [6.45, 7) is 3.03. The van der Waals surface area contributed by atoms with Gasteiger partial charge in [-0.15, -0.1) is 4.91 Å². The van der Waals surface area contributed by atoms with Crippen molar-refractivity contribution in [2.24, 2.45) is 17.2 Å². The van der Waals surface area contributed by atoms with Gasteiger partial charge in [0.1, 0.15) is 12.7 Å². The first kappa shape index (κ1) is 31.1. The smallest absolute Gasteiger partial charge is 0.434 e. The first-order valence-electron chi connectivity index (χ1n) is 14.0. The molecule has 0 bridgehead atoms. The second kappa shape index (κ2) is 19.9. The highest BCUT2D eigenvalue weighted by Crippen LogP contribution is 2.35. The third kappa shape index (κ3) is 14.0. The van der Waals surface area contributed by atoms with Gasteiger partial charge in [-0.2, -0.15) is 0 Å². The molecule has 0 radical (unpaired) electrons. The molecule has 2 rings (SSSR count). The Kier molecular flexibility index (Phi) is 16.3. The number of hydrogen-bond acceptors (Lipinski definition) is 7. The van der Waals surface area contributed by atoms with Crippen LogP contribution in [-0.4, -0.2) is 37.9 Å². The van der Waals surface area contributed by atoms with Gasteiger partial charge < -0.3 is 19.6 Å². The maximum Gasteiger partial charge on any atom is 0.508 e. The van der Waals surface area contributed by atoms with E-state index >= 15 is 0 Å². The van der Waals surface area contributed by atoms with Gasteiger partial charge in [0.15, 0.2) is 5.34 Å². The lowest BCUT2D eigenvalue weighted by Gasteiger charge is -2.18. The van der Waals surface area contributed by atoms with Gasteiger partial charge in [0.2, 0.25) is 5.91 Å². The van der Waals surface area contributed by atoms with Crippen LogP contribution in [0.25, 0.3) is 0 Å². The van der Waals surface area contributed by atoms with Crippen LogP contribution in [-0.2, 0) is 25.5 Å². The average Bonchev–Trinajstić information content (AvgIpc) is 3.37. The van der Waals surface area contributed by atoms with Crippen molar-refractivity contribution < 1.29 is 23.9 Å². The van der Waals surface area contributed by atoms with Gasteiger partial charge >= 0.3 is 6.16 Å². The van der Waals surface area contributed by atoms with Gasteiger partial charge in [0, 0.05) is 13.0 Å². The molecule has 1 N–H and O–H groups in total. The molecule has 1 saturated carbocycles. The van der Waals surface area contributed by atoms with Gasteiger partial charge in [0.25, 0.3) is 0 Å². The van der Waals surface area contributed by atoms with Crippen molar-refractivity contribution >= 4 is 12.1 Å². The first-order valence-corrected chi connectivity index (χ1v) is 14.0. The SMILES string of the molecule is CCNC(=O)CCC/C=C\C[C@H]1CCC[C@@H]1/C=C/[C@H](CCc1ccccc1)OC(=O)OCCCCON=O. The fourth-order valence-electron chi connectivity index (χ4n) is 4.70. The van der Waals surface area contributed by atoms with Gasteiger partial charge in [-0.25, -0.2) is 4.79 Å². The maximum absolute atomic E-state index is 12.3. The molecule has 8 nitrogen and oxygen atoms in total. The van der Waals surface area contributed by atoms with Gasteiger partial charge in [-0.3, -0.25) is 4.79 Å². The molecule has 1 amide bonds. The van der Waals surface area contributed by atoms with E-state index in [1.807, 2.05) is 31.2 Å². The van der Waals surface area contributed by atoms with E-state index in [0.717, 1.165) is 32.1 Å². The second-order valence-electron chi connectivity index (χ2n) is 9.69. The van der Waals surface area contributed by atoms with Gasteiger partial charge in [0.05, 0.1) is 6.61 Å². The van der Waals surface area contributed by atoms with Crippen molar-refractivity contribution in [3.05, 3.63) is 65.1 Å². The molecule has 0 spiro atoms. The number of carbonyl (C=O) groups is 2. The number of ether oxygens (including phenoxy) is 2. The number of benzene rings is 1. The van der Waals surface area contributed by atoms with Crippen LogP contribution in [0.4, 0.5) is 4.79 Å². The Balaban J connectivity index is 1.83. The minimum Gasteiger partial charge on any atom is -0.434 e. The minimum atomic E-state index is -0.680. The topological polar surface area (TPSA) is 103 Å². The molecule has 1 aromatic rings. The summed E-state index contributed by atoms with van der Waals surface area (Å²) in [5.74, 6) is 1.16. The molecule has 8 heteroatoms. The van der Waals surface area contributed by atoms with E-state index in [4.69, 9.17) is 9.47 Å². The largest absolute Gasteiger partial charge is 0.508 e. The molecule has 0 heterocycles. The zero-order valence-electron chi connectivity index (χ0n) is 22.7. The molecular formula is C30H44N2O6. The summed E-state index contributed by atoms with van der Waals surface area (Å²) in [6, 6.07) is 10.2. The molecule has 1 aromatic carbocycles. The zero-order chi connectivity index (χ0) is 27.3. The van der Waals surface area contributed by atoms with E-state index in [1.54, 1.807) is 0 Å². The van der Waals surface area contributed by atoms with E-state index in [9.17, 15) is 14.5 Å². The lowest BCUT2D eigenvalue weighted by atomic mass is 9.91.